The Bertz CT molecular complexity index is 210. The second kappa shape index (κ2) is 2.05. The fourth-order valence-corrected chi connectivity index (χ4v) is 3.21. The zero-order valence-electron chi connectivity index (χ0n) is 8.17. The van der Waals surface area contributed by atoms with Gasteiger partial charge in [0.25, 0.3) is 0 Å². The minimum Gasteiger partial charge on any atom is -0.388 e. The van der Waals surface area contributed by atoms with E-state index in [1.165, 1.54) is 6.42 Å². The lowest BCUT2D eigenvalue weighted by atomic mass is 9.43. The summed E-state index contributed by atoms with van der Waals surface area (Å²) in [4.78, 5) is 0. The van der Waals surface area contributed by atoms with E-state index in [0.717, 1.165) is 12.3 Å². The van der Waals surface area contributed by atoms with E-state index < -0.39 is 5.60 Å². The molecule has 3 fully saturated rings. The van der Waals surface area contributed by atoms with Crippen LogP contribution in [0.15, 0.2) is 0 Å². The lowest BCUT2D eigenvalue weighted by molar-refractivity contribution is -0.202. The van der Waals surface area contributed by atoms with E-state index in [4.69, 9.17) is 5.73 Å². The Kier molecular flexibility index (Phi) is 1.45. The van der Waals surface area contributed by atoms with Crippen molar-refractivity contribution in [2.75, 3.05) is 0 Å². The van der Waals surface area contributed by atoms with Crippen LogP contribution in [-0.2, 0) is 0 Å². The van der Waals surface area contributed by atoms with Gasteiger partial charge in [-0.2, -0.15) is 0 Å². The molecule has 0 aromatic heterocycles. The van der Waals surface area contributed by atoms with Gasteiger partial charge in [-0.25, -0.2) is 0 Å². The number of hydrogen-bond donors (Lipinski definition) is 2. The van der Waals surface area contributed by atoms with Crippen molar-refractivity contribution in [1.82, 2.24) is 0 Å². The fourth-order valence-electron chi connectivity index (χ4n) is 3.21. The van der Waals surface area contributed by atoms with E-state index in [-0.39, 0.29) is 6.04 Å². The van der Waals surface area contributed by atoms with Gasteiger partial charge in [-0.1, -0.05) is 13.8 Å². The van der Waals surface area contributed by atoms with Gasteiger partial charge < -0.3 is 10.8 Å². The standard InChI is InChI=1S/C10H19NO/c1-9(2)6-4-7(9)10(3,12)8(11)5-6/h6-8,12H,4-5,11H2,1-3H3/t6-,7-,8+,10-/m1/s1. The molecule has 0 aliphatic heterocycles. The van der Waals surface area contributed by atoms with Crippen molar-refractivity contribution >= 4 is 0 Å². The SMILES string of the molecule is CC1(C)[C@@H]2C[C@H]1[C@@](C)(O)[C@@H](N)C2. The molecule has 70 valence electrons. The van der Waals surface area contributed by atoms with Crippen molar-refractivity contribution < 1.29 is 5.11 Å². The van der Waals surface area contributed by atoms with E-state index in [1.54, 1.807) is 0 Å². The monoisotopic (exact) mass is 169 g/mol. The molecule has 0 radical (unpaired) electrons. The highest BCUT2D eigenvalue weighted by Crippen LogP contribution is 2.62. The summed E-state index contributed by atoms with van der Waals surface area (Å²) < 4.78 is 0. The van der Waals surface area contributed by atoms with E-state index in [1.807, 2.05) is 6.92 Å². The summed E-state index contributed by atoms with van der Waals surface area (Å²) in [5.41, 5.74) is 5.60. The highest BCUT2D eigenvalue weighted by molar-refractivity contribution is 5.13. The van der Waals surface area contributed by atoms with Gasteiger partial charge in [0.15, 0.2) is 0 Å². The van der Waals surface area contributed by atoms with Crippen molar-refractivity contribution in [3.8, 4) is 0 Å². The van der Waals surface area contributed by atoms with Crippen LogP contribution in [0.5, 0.6) is 0 Å². The molecule has 12 heavy (non-hydrogen) atoms. The zero-order chi connectivity index (χ0) is 9.15. The van der Waals surface area contributed by atoms with Crippen LogP contribution in [-0.4, -0.2) is 16.7 Å². The molecular formula is C10H19NO. The van der Waals surface area contributed by atoms with Crippen LogP contribution in [0, 0.1) is 17.3 Å². The van der Waals surface area contributed by atoms with Gasteiger partial charge in [0.1, 0.15) is 0 Å². The Morgan fingerprint density at radius 3 is 2.17 bits per heavy atom. The second-order valence-corrected chi connectivity index (χ2v) is 5.37. The molecule has 3 aliphatic rings. The molecule has 2 nitrogen and oxygen atoms in total. The Balaban J connectivity index is 2.27. The molecule has 0 amide bonds. The molecule has 3 rings (SSSR count). The first kappa shape index (κ1) is 8.52. The molecule has 0 unspecified atom stereocenters. The predicted octanol–water partition coefficient (Wildman–Crippen LogP) is 1.13. The average molecular weight is 169 g/mol. The second-order valence-electron chi connectivity index (χ2n) is 5.37. The lowest BCUT2D eigenvalue weighted by Gasteiger charge is -2.64. The maximum atomic E-state index is 10.2. The largest absolute Gasteiger partial charge is 0.388 e. The number of hydrogen-bond acceptors (Lipinski definition) is 2. The van der Waals surface area contributed by atoms with Crippen molar-refractivity contribution in [3.63, 3.8) is 0 Å². The van der Waals surface area contributed by atoms with Gasteiger partial charge in [0.2, 0.25) is 0 Å². The van der Waals surface area contributed by atoms with Gasteiger partial charge in [-0.05, 0) is 37.0 Å². The molecule has 0 saturated heterocycles. The van der Waals surface area contributed by atoms with Crippen molar-refractivity contribution in [1.29, 1.82) is 0 Å². The fraction of sp³-hybridized carbons (Fsp3) is 1.00. The maximum Gasteiger partial charge on any atom is 0.0803 e. The minimum absolute atomic E-state index is 0.00530. The number of aliphatic hydroxyl groups is 1. The summed E-state index contributed by atoms with van der Waals surface area (Å²) in [6, 6.07) is -0.00530. The third-order valence-corrected chi connectivity index (χ3v) is 4.47. The lowest BCUT2D eigenvalue weighted by Crippen LogP contribution is -2.68. The van der Waals surface area contributed by atoms with Gasteiger partial charge in [0, 0.05) is 6.04 Å². The van der Waals surface area contributed by atoms with E-state index >= 15 is 0 Å². The van der Waals surface area contributed by atoms with Gasteiger partial charge in [-0.3, -0.25) is 0 Å². The van der Waals surface area contributed by atoms with Crippen LogP contribution in [0.25, 0.3) is 0 Å². The molecule has 2 bridgehead atoms. The molecule has 2 heteroatoms. The first-order chi connectivity index (χ1) is 5.37. The normalized spacial score (nSPS) is 56.2. The minimum atomic E-state index is -0.627. The maximum absolute atomic E-state index is 10.2. The highest BCUT2D eigenvalue weighted by atomic mass is 16.3. The molecule has 0 heterocycles. The number of fused-ring (bicyclic) bond motifs is 2. The van der Waals surface area contributed by atoms with Crippen LogP contribution in [0.3, 0.4) is 0 Å². The smallest absolute Gasteiger partial charge is 0.0803 e. The molecule has 3 aliphatic carbocycles. The molecule has 3 N–H and O–H groups in total. The van der Waals surface area contributed by atoms with Crippen LogP contribution < -0.4 is 5.73 Å². The molecule has 0 spiro atoms. The third-order valence-electron chi connectivity index (χ3n) is 4.47. The summed E-state index contributed by atoms with van der Waals surface area (Å²) in [6.45, 7) is 6.41. The Morgan fingerprint density at radius 1 is 1.25 bits per heavy atom. The van der Waals surface area contributed by atoms with Crippen molar-refractivity contribution in [3.05, 3.63) is 0 Å². The first-order valence-corrected chi connectivity index (χ1v) is 4.84. The summed E-state index contributed by atoms with van der Waals surface area (Å²) in [6.07, 6.45) is 2.17. The van der Waals surface area contributed by atoms with Crippen molar-refractivity contribution in [2.45, 2.75) is 45.3 Å². The van der Waals surface area contributed by atoms with Crippen molar-refractivity contribution in [2.24, 2.45) is 23.0 Å². The third kappa shape index (κ3) is 0.775. The molecule has 4 atom stereocenters. The molecule has 0 aromatic carbocycles. The van der Waals surface area contributed by atoms with Gasteiger partial charge in [-0.15, -0.1) is 0 Å². The topological polar surface area (TPSA) is 46.2 Å². The zero-order valence-corrected chi connectivity index (χ0v) is 8.17. The van der Waals surface area contributed by atoms with Crippen LogP contribution in [0.4, 0.5) is 0 Å². The predicted molar refractivity (Wildman–Crippen MR) is 48.6 cm³/mol. The molecule has 3 saturated carbocycles. The Labute approximate surface area is 74.1 Å². The number of rotatable bonds is 0. The number of nitrogens with two attached hydrogens (primary N) is 1. The first-order valence-electron chi connectivity index (χ1n) is 4.84. The van der Waals surface area contributed by atoms with Gasteiger partial charge in [0.05, 0.1) is 5.60 Å². The Morgan fingerprint density at radius 2 is 1.83 bits per heavy atom. The summed E-state index contributed by atoms with van der Waals surface area (Å²) in [5, 5.41) is 10.2. The van der Waals surface area contributed by atoms with Crippen LogP contribution >= 0.6 is 0 Å². The van der Waals surface area contributed by atoms with Crippen LogP contribution in [0.1, 0.15) is 33.6 Å². The van der Waals surface area contributed by atoms with Gasteiger partial charge >= 0.3 is 0 Å². The highest BCUT2D eigenvalue weighted by Gasteiger charge is 2.61. The van der Waals surface area contributed by atoms with Crippen LogP contribution in [0.2, 0.25) is 0 Å². The summed E-state index contributed by atoms with van der Waals surface area (Å²) >= 11 is 0. The summed E-state index contributed by atoms with van der Waals surface area (Å²) in [5.74, 6) is 1.16. The quantitative estimate of drug-likeness (QED) is 0.571. The molecule has 0 aromatic rings. The van der Waals surface area contributed by atoms with E-state index in [0.29, 0.717) is 11.3 Å². The summed E-state index contributed by atoms with van der Waals surface area (Å²) in [7, 11) is 0. The Hall–Kier alpha value is -0.0800. The van der Waals surface area contributed by atoms with E-state index in [2.05, 4.69) is 13.8 Å². The average Bonchev–Trinajstić information content (AvgIpc) is 1.93. The molecular weight excluding hydrogens is 150 g/mol. The van der Waals surface area contributed by atoms with E-state index in [9.17, 15) is 5.11 Å².